The third kappa shape index (κ3) is 2.24. The van der Waals surface area contributed by atoms with E-state index < -0.39 is 0 Å². The van der Waals surface area contributed by atoms with E-state index in [1.54, 1.807) is 6.20 Å². The van der Waals surface area contributed by atoms with Gasteiger partial charge in [0.15, 0.2) is 0 Å². The molecule has 1 aliphatic rings. The first kappa shape index (κ1) is 13.0. The average Bonchev–Trinajstić information content (AvgIpc) is 3.08. The van der Waals surface area contributed by atoms with E-state index in [4.69, 9.17) is 0 Å². The second-order valence-electron chi connectivity index (χ2n) is 5.68. The van der Waals surface area contributed by atoms with Crippen LogP contribution in [0.25, 0.3) is 0 Å². The zero-order chi connectivity index (χ0) is 14.1. The van der Waals surface area contributed by atoms with Crippen molar-refractivity contribution in [2.45, 2.75) is 32.2 Å². The molecule has 104 valence electrons. The largest absolute Gasteiger partial charge is 0.357 e. The van der Waals surface area contributed by atoms with E-state index in [1.165, 1.54) is 11.1 Å². The first-order chi connectivity index (χ1) is 9.66. The molecule has 1 N–H and O–H groups in total. The molecule has 1 aliphatic heterocycles. The number of benzene rings is 1. The highest BCUT2D eigenvalue weighted by molar-refractivity contribution is 5.92. The lowest BCUT2D eigenvalue weighted by Gasteiger charge is -2.20. The fourth-order valence-electron chi connectivity index (χ4n) is 3.20. The Hall–Kier alpha value is -2.03. The number of carbonyl (C=O) groups is 1. The maximum Gasteiger partial charge on any atom is 0.270 e. The Balaban J connectivity index is 1.81. The molecular weight excluding hydrogens is 248 g/mol. The van der Waals surface area contributed by atoms with Crippen molar-refractivity contribution >= 4 is 5.91 Å². The molecular formula is C17H20N2O. The Kier molecular flexibility index (Phi) is 3.35. The topological polar surface area (TPSA) is 36.1 Å². The quantitative estimate of drug-likeness (QED) is 0.891. The van der Waals surface area contributed by atoms with Crippen LogP contribution < -0.4 is 0 Å². The summed E-state index contributed by atoms with van der Waals surface area (Å²) in [6.45, 7) is 5.10. The standard InChI is InChI=1S/C17H20N2O/c1-12-6-3-4-7-15(12)14-10-13(2)19(11-14)17(20)16-8-5-9-18-16/h3-9,13-14,18H,10-11H2,1-2H3/t13-,14-/m1/s1. The normalized spacial score (nSPS) is 22.2. The Morgan fingerprint density at radius 3 is 2.75 bits per heavy atom. The predicted octanol–water partition coefficient (Wildman–Crippen LogP) is 3.34. The number of hydrogen-bond donors (Lipinski definition) is 1. The maximum atomic E-state index is 12.5. The van der Waals surface area contributed by atoms with Crippen molar-refractivity contribution in [1.29, 1.82) is 0 Å². The van der Waals surface area contributed by atoms with E-state index in [0.717, 1.165) is 13.0 Å². The molecule has 1 aromatic heterocycles. The number of H-pyrrole nitrogens is 1. The van der Waals surface area contributed by atoms with Gasteiger partial charge < -0.3 is 9.88 Å². The number of aryl methyl sites for hydroxylation is 1. The SMILES string of the molecule is Cc1ccccc1[C@@H]1C[C@@H](C)N(C(=O)c2ccc[nH]2)C1. The van der Waals surface area contributed by atoms with Gasteiger partial charge in [0.05, 0.1) is 0 Å². The van der Waals surface area contributed by atoms with Gasteiger partial charge >= 0.3 is 0 Å². The number of hydrogen-bond acceptors (Lipinski definition) is 1. The van der Waals surface area contributed by atoms with Crippen molar-refractivity contribution in [3.05, 3.63) is 59.4 Å². The molecule has 2 heterocycles. The van der Waals surface area contributed by atoms with Crippen molar-refractivity contribution in [1.82, 2.24) is 9.88 Å². The predicted molar refractivity (Wildman–Crippen MR) is 79.8 cm³/mol. The highest BCUT2D eigenvalue weighted by atomic mass is 16.2. The molecule has 1 amide bonds. The average molecular weight is 268 g/mol. The number of nitrogens with zero attached hydrogens (tertiary/aromatic N) is 1. The van der Waals surface area contributed by atoms with Crippen LogP contribution in [0.3, 0.4) is 0 Å². The molecule has 1 fully saturated rings. The molecule has 1 saturated heterocycles. The Morgan fingerprint density at radius 1 is 1.25 bits per heavy atom. The summed E-state index contributed by atoms with van der Waals surface area (Å²) < 4.78 is 0. The lowest BCUT2D eigenvalue weighted by atomic mass is 9.93. The fraction of sp³-hybridized carbons (Fsp3) is 0.353. The van der Waals surface area contributed by atoms with Gasteiger partial charge in [-0.3, -0.25) is 4.79 Å². The molecule has 0 spiro atoms. The molecule has 0 saturated carbocycles. The molecule has 0 bridgehead atoms. The van der Waals surface area contributed by atoms with Crippen molar-refractivity contribution in [3.63, 3.8) is 0 Å². The molecule has 0 aliphatic carbocycles. The smallest absolute Gasteiger partial charge is 0.270 e. The van der Waals surface area contributed by atoms with E-state index in [1.807, 2.05) is 17.0 Å². The van der Waals surface area contributed by atoms with Crippen LogP contribution >= 0.6 is 0 Å². The van der Waals surface area contributed by atoms with E-state index >= 15 is 0 Å². The van der Waals surface area contributed by atoms with Crippen LogP contribution in [0.15, 0.2) is 42.6 Å². The number of nitrogens with one attached hydrogen (secondary N) is 1. The van der Waals surface area contributed by atoms with E-state index in [9.17, 15) is 4.79 Å². The minimum absolute atomic E-state index is 0.110. The fourth-order valence-corrected chi connectivity index (χ4v) is 3.20. The van der Waals surface area contributed by atoms with Crippen LogP contribution in [0.5, 0.6) is 0 Å². The van der Waals surface area contributed by atoms with Crippen molar-refractivity contribution in [2.24, 2.45) is 0 Å². The molecule has 20 heavy (non-hydrogen) atoms. The van der Waals surface area contributed by atoms with Gasteiger partial charge in [-0.2, -0.15) is 0 Å². The molecule has 0 radical (unpaired) electrons. The lowest BCUT2D eigenvalue weighted by molar-refractivity contribution is 0.0740. The van der Waals surface area contributed by atoms with Gasteiger partial charge in [0.25, 0.3) is 5.91 Å². The molecule has 3 rings (SSSR count). The van der Waals surface area contributed by atoms with E-state index in [2.05, 4.69) is 43.1 Å². The molecule has 2 aromatic rings. The summed E-state index contributed by atoms with van der Waals surface area (Å²) in [6, 6.07) is 12.5. The van der Waals surface area contributed by atoms with Gasteiger partial charge in [0.2, 0.25) is 0 Å². The van der Waals surface area contributed by atoms with Gasteiger partial charge in [0, 0.05) is 24.7 Å². The number of carbonyl (C=O) groups excluding carboxylic acids is 1. The summed E-state index contributed by atoms with van der Waals surface area (Å²) in [5.41, 5.74) is 3.38. The van der Waals surface area contributed by atoms with Gasteiger partial charge in [-0.25, -0.2) is 0 Å². The maximum absolute atomic E-state index is 12.5. The third-order valence-corrected chi connectivity index (χ3v) is 4.29. The summed E-state index contributed by atoms with van der Waals surface area (Å²) in [5, 5.41) is 0. The second kappa shape index (κ2) is 5.16. The third-order valence-electron chi connectivity index (χ3n) is 4.29. The van der Waals surface area contributed by atoms with E-state index in [-0.39, 0.29) is 11.9 Å². The van der Waals surface area contributed by atoms with Gasteiger partial charge in [-0.1, -0.05) is 24.3 Å². The first-order valence-electron chi connectivity index (χ1n) is 7.16. The summed E-state index contributed by atoms with van der Waals surface area (Å²) in [4.78, 5) is 17.5. The Bertz CT molecular complexity index is 603. The molecule has 0 unspecified atom stereocenters. The second-order valence-corrected chi connectivity index (χ2v) is 5.68. The zero-order valence-electron chi connectivity index (χ0n) is 12.0. The van der Waals surface area contributed by atoms with Crippen molar-refractivity contribution < 1.29 is 4.79 Å². The van der Waals surface area contributed by atoms with Crippen molar-refractivity contribution in [2.75, 3.05) is 6.54 Å². The van der Waals surface area contributed by atoms with Crippen LogP contribution in [0, 0.1) is 6.92 Å². The van der Waals surface area contributed by atoms with Gasteiger partial charge in [0.1, 0.15) is 5.69 Å². The van der Waals surface area contributed by atoms with Crippen LogP contribution in [0.4, 0.5) is 0 Å². The van der Waals surface area contributed by atoms with Gasteiger partial charge in [-0.05, 0) is 43.5 Å². The van der Waals surface area contributed by atoms with Gasteiger partial charge in [-0.15, -0.1) is 0 Å². The minimum Gasteiger partial charge on any atom is -0.357 e. The molecule has 3 nitrogen and oxygen atoms in total. The first-order valence-corrected chi connectivity index (χ1v) is 7.16. The Labute approximate surface area is 119 Å². The number of likely N-dealkylation sites (tertiary alicyclic amines) is 1. The highest BCUT2D eigenvalue weighted by Gasteiger charge is 2.34. The molecule has 1 aromatic carbocycles. The number of rotatable bonds is 2. The number of aromatic amines is 1. The van der Waals surface area contributed by atoms with Crippen LogP contribution in [0.2, 0.25) is 0 Å². The zero-order valence-corrected chi connectivity index (χ0v) is 12.0. The highest BCUT2D eigenvalue weighted by Crippen LogP contribution is 2.33. The summed E-state index contributed by atoms with van der Waals surface area (Å²) in [5.74, 6) is 0.559. The van der Waals surface area contributed by atoms with Crippen LogP contribution in [-0.2, 0) is 0 Å². The van der Waals surface area contributed by atoms with E-state index in [0.29, 0.717) is 11.6 Å². The van der Waals surface area contributed by atoms with Crippen LogP contribution in [0.1, 0.15) is 40.9 Å². The summed E-state index contributed by atoms with van der Waals surface area (Å²) in [7, 11) is 0. The van der Waals surface area contributed by atoms with Crippen molar-refractivity contribution in [3.8, 4) is 0 Å². The summed E-state index contributed by atoms with van der Waals surface area (Å²) in [6.07, 6.45) is 2.84. The Morgan fingerprint density at radius 2 is 2.05 bits per heavy atom. The molecule has 2 atom stereocenters. The molecule has 3 heteroatoms. The minimum atomic E-state index is 0.110. The number of aromatic nitrogens is 1. The lowest BCUT2D eigenvalue weighted by Crippen LogP contribution is -2.34. The number of amides is 1. The van der Waals surface area contributed by atoms with Crippen LogP contribution in [-0.4, -0.2) is 28.4 Å². The summed E-state index contributed by atoms with van der Waals surface area (Å²) >= 11 is 0. The monoisotopic (exact) mass is 268 g/mol.